The van der Waals surface area contributed by atoms with Crippen molar-refractivity contribution in [1.29, 1.82) is 0 Å². The molecule has 0 spiro atoms. The van der Waals surface area contributed by atoms with E-state index in [2.05, 4.69) is 5.32 Å². The minimum atomic E-state index is -2.19. The summed E-state index contributed by atoms with van der Waals surface area (Å²) in [6.07, 6.45) is -0.203. The first kappa shape index (κ1) is 9.77. The van der Waals surface area contributed by atoms with Gasteiger partial charge in [0.15, 0.2) is 0 Å². The lowest BCUT2D eigenvalue weighted by Crippen LogP contribution is -2.37. The zero-order chi connectivity index (χ0) is 13.0. The quantitative estimate of drug-likeness (QED) is 0.734. The van der Waals surface area contributed by atoms with E-state index in [9.17, 15) is 4.79 Å². The Morgan fingerprint density at radius 3 is 2.64 bits per heavy atom. The number of hydrogen-bond donors (Lipinski definition) is 2. The van der Waals surface area contributed by atoms with Gasteiger partial charge < -0.3 is 15.2 Å². The molecule has 0 aliphatic rings. The number of hydrogen-bond acceptors (Lipinski definition) is 3. The van der Waals surface area contributed by atoms with Crippen molar-refractivity contribution in [2.75, 3.05) is 6.56 Å². The lowest BCUT2D eigenvalue weighted by Gasteiger charge is -2.21. The van der Waals surface area contributed by atoms with Gasteiger partial charge in [0.05, 0.1) is 2.74 Å². The predicted molar refractivity (Wildman–Crippen MR) is 55.2 cm³/mol. The molecule has 0 aliphatic heterocycles. The molecule has 0 saturated heterocycles. The summed E-state index contributed by atoms with van der Waals surface area (Å²) < 4.78 is 18.9. The molecular formula is C10H21NO3. The topological polar surface area (TPSA) is 58.6 Å². The van der Waals surface area contributed by atoms with Crippen molar-refractivity contribution < 1.29 is 17.4 Å². The molecule has 1 atom stereocenters. The first-order valence-electron chi connectivity index (χ1n) is 5.71. The highest BCUT2D eigenvalue weighted by molar-refractivity contribution is 5.67. The number of ether oxygens (including phenoxy) is 1. The summed E-state index contributed by atoms with van der Waals surface area (Å²) in [7, 11) is 0. The fourth-order valence-electron chi connectivity index (χ4n) is 0.862. The summed E-state index contributed by atoms with van der Waals surface area (Å²) in [5, 5.41) is 11.4. The van der Waals surface area contributed by atoms with Crippen molar-refractivity contribution in [2.45, 2.75) is 52.2 Å². The van der Waals surface area contributed by atoms with Crippen LogP contribution >= 0.6 is 0 Å². The van der Waals surface area contributed by atoms with Gasteiger partial charge in [0.2, 0.25) is 0 Å². The summed E-state index contributed by atoms with van der Waals surface area (Å²) >= 11 is 0. The molecule has 0 aliphatic carbocycles. The third-order valence-electron chi connectivity index (χ3n) is 1.45. The van der Waals surface area contributed by atoms with E-state index >= 15 is 0 Å². The zero-order valence-electron chi connectivity index (χ0n) is 11.3. The molecule has 0 unspecified atom stereocenters. The van der Waals surface area contributed by atoms with Gasteiger partial charge in [0, 0.05) is 12.6 Å². The third-order valence-corrected chi connectivity index (χ3v) is 1.45. The van der Waals surface area contributed by atoms with Gasteiger partial charge in [-0.2, -0.15) is 0 Å². The highest BCUT2D eigenvalue weighted by atomic mass is 16.6. The standard InChI is InChI=1S/C10H21NO3/c1-8(6-5-7-12)11-9(13)14-10(2,3)4/h8,12H,5-7H2,1-4H3,(H,11,13)/t8-/m0/s1/i7D2. The van der Waals surface area contributed by atoms with Crippen LogP contribution in [0, 0.1) is 0 Å². The van der Waals surface area contributed by atoms with Crippen LogP contribution in [0.15, 0.2) is 0 Å². The average Bonchev–Trinajstić information content (AvgIpc) is 1.95. The maximum Gasteiger partial charge on any atom is 0.407 e. The van der Waals surface area contributed by atoms with Crippen LogP contribution in [0.4, 0.5) is 4.79 Å². The summed E-state index contributed by atoms with van der Waals surface area (Å²) in [5.74, 6) is 0. The van der Waals surface area contributed by atoms with Crippen molar-refractivity contribution in [3.8, 4) is 0 Å². The Labute approximate surface area is 88.5 Å². The Hall–Kier alpha value is -0.770. The molecule has 0 radical (unpaired) electrons. The van der Waals surface area contributed by atoms with E-state index < -0.39 is 18.3 Å². The number of carbonyl (C=O) groups excluding carboxylic acids is 1. The minimum absolute atomic E-state index is 0.0238. The SMILES string of the molecule is [2H]C([2H])(O)CC[C@H](C)NC(=O)OC(C)(C)C. The highest BCUT2D eigenvalue weighted by Crippen LogP contribution is 2.07. The molecule has 0 aromatic heterocycles. The van der Waals surface area contributed by atoms with Crippen molar-refractivity contribution in [1.82, 2.24) is 5.32 Å². The van der Waals surface area contributed by atoms with E-state index in [1.54, 1.807) is 27.7 Å². The van der Waals surface area contributed by atoms with E-state index in [1.165, 1.54) is 0 Å². The zero-order valence-corrected chi connectivity index (χ0v) is 9.26. The molecule has 0 aromatic rings. The van der Waals surface area contributed by atoms with Gasteiger partial charge in [0.25, 0.3) is 0 Å². The van der Waals surface area contributed by atoms with Gasteiger partial charge in [0.1, 0.15) is 5.60 Å². The largest absolute Gasteiger partial charge is 0.444 e. The van der Waals surface area contributed by atoms with Gasteiger partial charge >= 0.3 is 6.09 Å². The molecule has 0 fully saturated rings. The summed E-state index contributed by atoms with van der Waals surface area (Å²) in [6.45, 7) is 4.84. The molecule has 4 nitrogen and oxygen atoms in total. The molecule has 0 bridgehead atoms. The van der Waals surface area contributed by atoms with Gasteiger partial charge in [-0.1, -0.05) is 0 Å². The molecule has 0 saturated carbocycles. The summed E-state index contributed by atoms with van der Waals surface area (Å²) in [5.41, 5.74) is -0.546. The first-order chi connectivity index (χ1) is 6.99. The monoisotopic (exact) mass is 205 g/mol. The second-order valence-corrected chi connectivity index (χ2v) is 4.24. The maximum atomic E-state index is 11.3. The molecular weight excluding hydrogens is 182 g/mol. The van der Waals surface area contributed by atoms with Crippen LogP contribution in [0.2, 0.25) is 0 Å². The van der Waals surface area contributed by atoms with Crippen LogP contribution in [-0.4, -0.2) is 29.4 Å². The molecule has 4 heteroatoms. The van der Waals surface area contributed by atoms with E-state index in [0.717, 1.165) is 0 Å². The smallest absolute Gasteiger partial charge is 0.407 e. The lowest BCUT2D eigenvalue weighted by atomic mass is 10.2. The van der Waals surface area contributed by atoms with Crippen molar-refractivity contribution in [2.24, 2.45) is 0 Å². The van der Waals surface area contributed by atoms with Crippen molar-refractivity contribution in [3.05, 3.63) is 0 Å². The van der Waals surface area contributed by atoms with Gasteiger partial charge in [-0.05, 0) is 40.5 Å². The number of aliphatic hydroxyl groups is 1. The normalized spacial score (nSPS) is 16.6. The van der Waals surface area contributed by atoms with Crippen LogP contribution in [0.1, 0.15) is 43.3 Å². The molecule has 2 N–H and O–H groups in total. The Morgan fingerprint density at radius 1 is 1.64 bits per heavy atom. The first-order valence-corrected chi connectivity index (χ1v) is 4.71. The molecule has 0 heterocycles. The molecule has 84 valence electrons. The van der Waals surface area contributed by atoms with E-state index in [-0.39, 0.29) is 12.5 Å². The Morgan fingerprint density at radius 2 is 2.21 bits per heavy atom. The van der Waals surface area contributed by atoms with Gasteiger partial charge in [-0.3, -0.25) is 0 Å². The Kier molecular flexibility index (Phi) is 4.09. The van der Waals surface area contributed by atoms with Crippen LogP contribution in [0.25, 0.3) is 0 Å². The highest BCUT2D eigenvalue weighted by Gasteiger charge is 2.17. The minimum Gasteiger partial charge on any atom is -0.444 e. The van der Waals surface area contributed by atoms with Gasteiger partial charge in [-0.25, -0.2) is 4.79 Å². The third kappa shape index (κ3) is 7.86. The van der Waals surface area contributed by atoms with Crippen LogP contribution in [0.5, 0.6) is 0 Å². The fourth-order valence-corrected chi connectivity index (χ4v) is 0.862. The Bertz CT molecular complexity index is 233. The lowest BCUT2D eigenvalue weighted by molar-refractivity contribution is 0.0504. The van der Waals surface area contributed by atoms with Crippen LogP contribution in [-0.2, 0) is 4.74 Å². The van der Waals surface area contributed by atoms with Crippen molar-refractivity contribution in [3.63, 3.8) is 0 Å². The predicted octanol–water partition coefficient (Wildman–Crippen LogP) is 1.67. The van der Waals surface area contributed by atoms with Crippen LogP contribution in [0.3, 0.4) is 0 Å². The maximum absolute atomic E-state index is 11.3. The number of nitrogens with one attached hydrogen (secondary N) is 1. The van der Waals surface area contributed by atoms with Crippen molar-refractivity contribution >= 4 is 6.09 Å². The van der Waals surface area contributed by atoms with Gasteiger partial charge in [-0.15, -0.1) is 0 Å². The summed E-state index contributed by atoms with van der Waals surface area (Å²) in [6, 6.07) is -0.239. The number of carbonyl (C=O) groups is 1. The number of amides is 1. The number of alkyl carbamates (subject to hydrolysis) is 1. The average molecular weight is 205 g/mol. The van der Waals surface area contributed by atoms with Crippen LogP contribution < -0.4 is 5.32 Å². The molecule has 14 heavy (non-hydrogen) atoms. The second-order valence-electron chi connectivity index (χ2n) is 4.24. The molecule has 0 aromatic carbocycles. The van der Waals surface area contributed by atoms with E-state index in [1.807, 2.05) is 0 Å². The number of rotatable bonds is 4. The Balaban J connectivity index is 3.88. The molecule has 1 amide bonds. The second kappa shape index (κ2) is 5.86. The fraction of sp³-hybridized carbons (Fsp3) is 0.900. The van der Waals surface area contributed by atoms with E-state index in [0.29, 0.717) is 6.42 Å². The molecule has 0 rings (SSSR count). The van der Waals surface area contributed by atoms with E-state index in [4.69, 9.17) is 12.6 Å². The summed E-state index contributed by atoms with van der Waals surface area (Å²) in [4.78, 5) is 11.3.